The van der Waals surface area contributed by atoms with Crippen molar-refractivity contribution >= 4 is 241 Å². The zero-order valence-corrected chi connectivity index (χ0v) is 73.1. The third kappa shape index (κ3) is 10.2. The number of aryl methyl sites for hydroxylation is 2. The second-order valence-electron chi connectivity index (χ2n) is 33.6. The Morgan fingerprint density at radius 2 is 0.438 bits per heavy atom. The van der Waals surface area contributed by atoms with Gasteiger partial charge in [-0.1, -0.05) is 274 Å². The molecule has 0 saturated heterocycles. The Balaban J connectivity index is 0.000000132. The van der Waals surface area contributed by atoms with Crippen molar-refractivity contribution in [2.75, 3.05) is 0 Å². The van der Waals surface area contributed by atoms with Gasteiger partial charge in [-0.15, -0.1) is 24.3 Å². The van der Waals surface area contributed by atoms with Crippen LogP contribution in [-0.4, -0.2) is 55.8 Å². The number of nitrogens with zero attached hydrogens (tertiary/aromatic N) is 12. The number of hydrogen-bond acceptors (Lipinski definition) is 6. The SMILES string of the molecule is Cn1c2ccccc2c2c1ccc1c3ccc(Oc4[c-]c5c(cc4)c4ccc6c(c7ccccc7n6-c6ccccc6)c4n4c6ccccc6nc54)[c-]c3c3nc4ccccc4n3c12.Cn1c2ccccc2c2c1ccc1c3ccc(Oc4[c-]c5c(cc4)c4ccc6c(c7ccccc7n6-c6ccccc6)c4n4c6ccccc6nc54)[c-]c3c3nc4ccccc4n3c12.[Pd+2].[Pt+2]. The van der Waals surface area contributed by atoms with E-state index in [1.54, 1.807) is 0 Å². The van der Waals surface area contributed by atoms with Gasteiger partial charge in [-0.05, 0) is 143 Å². The average molecular weight is 1940 g/mol. The fourth-order valence-corrected chi connectivity index (χ4v) is 21.7. The number of benzene rings is 18. The van der Waals surface area contributed by atoms with Crippen LogP contribution < -0.4 is 9.47 Å². The molecule has 16 heteroatoms. The summed E-state index contributed by atoms with van der Waals surface area (Å²) < 4.78 is 32.2. The molecule has 0 aliphatic heterocycles. The van der Waals surface area contributed by atoms with Crippen molar-refractivity contribution in [2.45, 2.75) is 0 Å². The van der Waals surface area contributed by atoms with E-state index in [4.69, 9.17) is 29.4 Å². The molecule has 14 nitrogen and oxygen atoms in total. The molecular formula is C114H64N12O2PdPt. The van der Waals surface area contributed by atoms with Gasteiger partial charge in [0.2, 0.25) is 0 Å². The largest absolute Gasteiger partial charge is 2.00 e. The summed E-state index contributed by atoms with van der Waals surface area (Å²) in [6, 6.07) is 139. The number of imidazole rings is 4. The van der Waals surface area contributed by atoms with Crippen molar-refractivity contribution in [2.24, 2.45) is 14.1 Å². The van der Waals surface area contributed by atoms with Crippen molar-refractivity contribution in [1.82, 2.24) is 55.8 Å². The molecule has 0 unspecified atom stereocenters. The Hall–Kier alpha value is -16.0. The van der Waals surface area contributed by atoms with Gasteiger partial charge in [0.1, 0.15) is 0 Å². The smallest absolute Gasteiger partial charge is 0.497 e. The first-order valence-electron chi connectivity index (χ1n) is 43.1. The molecule has 612 valence electrons. The molecule has 12 aromatic heterocycles. The molecule has 30 rings (SSSR count). The molecule has 0 atom stereocenters. The molecule has 0 radical (unpaired) electrons. The van der Waals surface area contributed by atoms with Crippen molar-refractivity contribution in [1.29, 1.82) is 0 Å². The summed E-state index contributed by atoms with van der Waals surface area (Å²) in [4.78, 5) is 21.2. The van der Waals surface area contributed by atoms with Crippen LogP contribution in [-0.2, 0) is 55.6 Å². The molecule has 0 fully saturated rings. The summed E-state index contributed by atoms with van der Waals surface area (Å²) in [5.74, 6) is 2.34. The summed E-state index contributed by atoms with van der Waals surface area (Å²) in [5.41, 5.74) is 27.4. The predicted octanol–water partition coefficient (Wildman–Crippen LogP) is 28.1. The summed E-state index contributed by atoms with van der Waals surface area (Å²) in [7, 11) is 4.30. The molecule has 130 heavy (non-hydrogen) atoms. The van der Waals surface area contributed by atoms with Crippen molar-refractivity contribution in [3.8, 4) is 34.4 Å². The van der Waals surface area contributed by atoms with E-state index in [2.05, 4.69) is 402 Å². The molecule has 0 N–H and O–H groups in total. The van der Waals surface area contributed by atoms with E-state index in [0.717, 1.165) is 187 Å². The Morgan fingerprint density at radius 3 is 0.738 bits per heavy atom. The second kappa shape index (κ2) is 27.7. The van der Waals surface area contributed by atoms with E-state index in [9.17, 15) is 0 Å². The van der Waals surface area contributed by atoms with Crippen molar-refractivity contribution in [3.63, 3.8) is 0 Å². The monoisotopic (exact) mass is 1930 g/mol. The minimum absolute atomic E-state index is 0. The first kappa shape index (κ1) is 74.3. The van der Waals surface area contributed by atoms with Crippen molar-refractivity contribution < 1.29 is 51.0 Å². The zero-order valence-electron chi connectivity index (χ0n) is 69.3. The Labute approximate surface area is 766 Å². The van der Waals surface area contributed by atoms with Crippen LogP contribution >= 0.6 is 0 Å². The van der Waals surface area contributed by atoms with E-state index in [1.165, 1.54) is 65.2 Å². The number of pyridine rings is 4. The van der Waals surface area contributed by atoms with E-state index < -0.39 is 0 Å². The van der Waals surface area contributed by atoms with Gasteiger partial charge in [-0.25, -0.2) is 0 Å². The van der Waals surface area contributed by atoms with E-state index in [0.29, 0.717) is 23.0 Å². The molecule has 0 bridgehead atoms. The predicted molar refractivity (Wildman–Crippen MR) is 523 cm³/mol. The van der Waals surface area contributed by atoms with Crippen LogP contribution in [0.4, 0.5) is 0 Å². The molecule has 18 aromatic carbocycles. The molecule has 0 aliphatic rings. The normalized spacial score (nSPS) is 12.3. The Kier molecular flexibility index (Phi) is 15.9. The van der Waals surface area contributed by atoms with Gasteiger partial charge in [-0.2, -0.15) is 0 Å². The minimum atomic E-state index is 0. The van der Waals surface area contributed by atoms with E-state index in [1.807, 2.05) is 24.3 Å². The van der Waals surface area contributed by atoms with Gasteiger partial charge in [0.15, 0.2) is 0 Å². The number of aromatic nitrogens is 12. The summed E-state index contributed by atoms with van der Waals surface area (Å²) >= 11 is 0. The number of hydrogen-bond donors (Lipinski definition) is 0. The number of ether oxygens (including phenoxy) is 2. The fraction of sp³-hybridized carbons (Fsp3) is 0.0175. The minimum Gasteiger partial charge on any atom is -0.497 e. The number of rotatable bonds is 6. The average Bonchev–Trinajstić information content (AvgIpc) is 1.54. The van der Waals surface area contributed by atoms with Crippen LogP contribution in [0, 0.1) is 24.3 Å². The van der Waals surface area contributed by atoms with Gasteiger partial charge in [0, 0.05) is 125 Å². The van der Waals surface area contributed by atoms with Gasteiger partial charge in [0.05, 0.1) is 99.8 Å². The van der Waals surface area contributed by atoms with Gasteiger partial charge in [-0.3, -0.25) is 19.9 Å². The molecule has 30 aromatic rings. The molecular weight excluding hydrogens is 1870 g/mol. The fourth-order valence-electron chi connectivity index (χ4n) is 21.7. The molecule has 0 amide bonds. The van der Waals surface area contributed by atoms with Gasteiger partial charge in [0.25, 0.3) is 0 Å². The molecule has 0 saturated carbocycles. The van der Waals surface area contributed by atoms with Crippen LogP contribution in [0.5, 0.6) is 23.0 Å². The zero-order chi connectivity index (χ0) is 83.6. The van der Waals surface area contributed by atoms with Crippen LogP contribution in [0.3, 0.4) is 0 Å². The van der Waals surface area contributed by atoms with E-state index in [-0.39, 0.29) is 41.5 Å². The maximum atomic E-state index is 6.78. The summed E-state index contributed by atoms with van der Waals surface area (Å²) in [6.07, 6.45) is 0. The quantitative estimate of drug-likeness (QED) is 0.0932. The van der Waals surface area contributed by atoms with Crippen LogP contribution in [0.15, 0.2) is 352 Å². The molecule has 0 spiro atoms. The topological polar surface area (TPSA) is 107 Å². The molecule has 0 aliphatic carbocycles. The molecule has 12 heterocycles. The maximum absolute atomic E-state index is 6.78. The van der Waals surface area contributed by atoms with Crippen LogP contribution in [0.25, 0.3) is 252 Å². The third-order valence-corrected chi connectivity index (χ3v) is 27.1. The summed E-state index contributed by atoms with van der Waals surface area (Å²) in [6.45, 7) is 0. The van der Waals surface area contributed by atoms with Crippen LogP contribution in [0.2, 0.25) is 0 Å². The standard InChI is InChI=1S/2C57H32N6O.Pd.Pt/c2*1-60-46-19-9-5-15-40(46)52-50(60)29-27-38-36-25-23-34(31-42(36)56-58-44-17-7-11-21-48(44)62(56)54(38)52)64-35-24-26-37-39-28-30-51-53(41-16-6-10-20-47(41)61(51)33-13-3-2-4-14-33)55(39)63-49-22-12-8-18-45(49)59-57(63)43(37)32-35;;/h2*2-30H,1H3;;/q2*-2;2*+2. The number of para-hydroxylation sites is 14. The Morgan fingerprint density at radius 1 is 0.208 bits per heavy atom. The van der Waals surface area contributed by atoms with Gasteiger partial charge >= 0.3 is 41.5 Å². The number of fused-ring (bicyclic) bond motifs is 48. The first-order chi connectivity index (χ1) is 63.3. The van der Waals surface area contributed by atoms with Gasteiger partial charge < -0.3 is 45.3 Å². The van der Waals surface area contributed by atoms with Crippen LogP contribution in [0.1, 0.15) is 0 Å². The summed E-state index contributed by atoms with van der Waals surface area (Å²) in [5, 5.41) is 21.9. The third-order valence-electron chi connectivity index (χ3n) is 27.1. The maximum Gasteiger partial charge on any atom is 2.00 e. The first-order valence-corrected chi connectivity index (χ1v) is 43.1. The Bertz CT molecular complexity index is 9660. The second-order valence-corrected chi connectivity index (χ2v) is 33.6. The van der Waals surface area contributed by atoms with Crippen molar-refractivity contribution in [3.05, 3.63) is 376 Å². The van der Waals surface area contributed by atoms with E-state index >= 15 is 0 Å².